The van der Waals surface area contributed by atoms with Gasteiger partial charge in [0.15, 0.2) is 46.0 Å². The molecule has 0 radical (unpaired) electrons. The van der Waals surface area contributed by atoms with Crippen LogP contribution in [0.3, 0.4) is 0 Å². The van der Waals surface area contributed by atoms with E-state index in [0.29, 0.717) is 57.5 Å². The second kappa shape index (κ2) is 10.6. The lowest BCUT2D eigenvalue weighted by Gasteiger charge is -2.39. The summed E-state index contributed by atoms with van der Waals surface area (Å²) in [4.78, 5) is 4.24. The smallest absolute Gasteiger partial charge is 0.156 e. The van der Waals surface area contributed by atoms with Crippen molar-refractivity contribution in [2.75, 3.05) is 24.0 Å². The molecule has 0 aliphatic carbocycles. The minimum absolute atomic E-state index is 0.118. The van der Waals surface area contributed by atoms with Crippen molar-refractivity contribution in [3.63, 3.8) is 0 Å². The van der Waals surface area contributed by atoms with E-state index in [-0.39, 0.29) is 13.2 Å². The van der Waals surface area contributed by atoms with Crippen molar-refractivity contribution < 1.29 is 38.6 Å². The molecule has 10 nitrogen and oxygen atoms in total. The molecule has 0 spiro atoms. The zero-order valence-electron chi connectivity index (χ0n) is 26.9. The number of ether oxygens (including phenoxy) is 6. The van der Waals surface area contributed by atoms with Crippen LogP contribution in [0.4, 0.5) is 34.1 Å². The minimum atomic E-state index is -0.118. The summed E-state index contributed by atoms with van der Waals surface area (Å²) in [5.74, 6) is 6.20. The SMILES string of the molecule is COc1ccc2c(c1)Oc1cc(-c3cc4c5c(c3)Oc3cc(CO)ccc3N5c3ccc(CO)cc3O4)cc3c1N2c1ccc(OC)cc1O3. The number of methoxy groups -OCH3 is 2. The predicted octanol–water partition coefficient (Wildman–Crippen LogP) is 9.72. The lowest BCUT2D eigenvalue weighted by molar-refractivity contribution is 0.281. The number of aliphatic hydroxyl groups is 2. The molecule has 0 bridgehead atoms. The monoisotopic (exact) mass is 664 g/mol. The van der Waals surface area contributed by atoms with Gasteiger partial charge in [0.05, 0.1) is 50.2 Å². The van der Waals surface area contributed by atoms with Crippen molar-refractivity contribution in [3.05, 3.63) is 108 Å². The van der Waals surface area contributed by atoms with Crippen molar-refractivity contribution in [2.45, 2.75) is 13.2 Å². The van der Waals surface area contributed by atoms with Crippen LogP contribution in [0.5, 0.6) is 57.5 Å². The molecule has 0 fully saturated rings. The predicted molar refractivity (Wildman–Crippen MR) is 186 cm³/mol. The third kappa shape index (κ3) is 4.09. The van der Waals surface area contributed by atoms with Crippen molar-refractivity contribution >= 4 is 34.1 Å². The normalized spacial score (nSPS) is 13.5. The van der Waals surface area contributed by atoms with E-state index in [4.69, 9.17) is 28.4 Å². The van der Waals surface area contributed by atoms with Gasteiger partial charge >= 0.3 is 0 Å². The average Bonchev–Trinajstić information content (AvgIpc) is 3.16. The number of benzene rings is 6. The largest absolute Gasteiger partial charge is 0.497 e. The Morgan fingerprint density at radius 3 is 1.12 bits per heavy atom. The molecule has 0 saturated heterocycles. The van der Waals surface area contributed by atoms with Gasteiger partial charge in [0.2, 0.25) is 0 Å². The van der Waals surface area contributed by atoms with Gasteiger partial charge in [-0.2, -0.15) is 0 Å². The average molecular weight is 665 g/mol. The molecule has 4 heterocycles. The number of hydrogen-bond acceptors (Lipinski definition) is 10. The Morgan fingerprint density at radius 1 is 0.440 bits per heavy atom. The summed E-state index contributed by atoms with van der Waals surface area (Å²) in [6.07, 6.45) is 0. The van der Waals surface area contributed by atoms with Gasteiger partial charge in [-0.25, -0.2) is 0 Å². The lowest BCUT2D eigenvalue weighted by atomic mass is 9.98. The third-order valence-electron chi connectivity index (χ3n) is 9.45. The molecule has 4 aliphatic rings. The minimum Gasteiger partial charge on any atom is -0.497 e. The molecule has 10 heteroatoms. The molecular weight excluding hydrogens is 636 g/mol. The van der Waals surface area contributed by atoms with Crippen molar-refractivity contribution in [3.8, 4) is 68.6 Å². The van der Waals surface area contributed by atoms with E-state index in [2.05, 4.69) is 9.80 Å². The molecule has 0 unspecified atom stereocenters. The summed E-state index contributed by atoms with van der Waals surface area (Å²) < 4.78 is 37.4. The number of hydrogen-bond donors (Lipinski definition) is 2. The molecule has 4 aliphatic heterocycles. The van der Waals surface area contributed by atoms with Crippen LogP contribution in [0.15, 0.2) is 97.1 Å². The Kier molecular flexibility index (Phi) is 6.05. The summed E-state index contributed by atoms with van der Waals surface area (Å²) in [5, 5.41) is 19.8. The summed E-state index contributed by atoms with van der Waals surface area (Å²) in [6, 6.07) is 30.8. The molecule has 6 aromatic carbocycles. The molecule has 246 valence electrons. The van der Waals surface area contributed by atoms with Crippen molar-refractivity contribution in [1.82, 2.24) is 0 Å². The van der Waals surface area contributed by atoms with Crippen LogP contribution >= 0.6 is 0 Å². The Hall–Kier alpha value is -6.36. The van der Waals surface area contributed by atoms with Crippen molar-refractivity contribution in [2.24, 2.45) is 0 Å². The third-order valence-corrected chi connectivity index (χ3v) is 9.45. The Morgan fingerprint density at radius 2 is 0.780 bits per heavy atom. The maximum atomic E-state index is 9.92. The first-order valence-corrected chi connectivity index (χ1v) is 16.1. The van der Waals surface area contributed by atoms with Gasteiger partial charge in [-0.05, 0) is 95.1 Å². The highest BCUT2D eigenvalue weighted by Crippen LogP contribution is 2.63. The Bertz CT molecular complexity index is 2100. The number of aliphatic hydroxyl groups excluding tert-OH is 2. The standard InChI is InChI=1S/C40H28N2O8/c1-45-25-5-9-29-33(17-25)49-37-15-24(16-38-40(37)42(29)30-10-6-26(46-2)18-34(30)50-38)23-13-35-39-36(14-23)48-32-12-22(20-44)4-8-28(32)41(39)27-7-3-21(19-43)11-31(27)47-35/h3-18,43-44H,19-20H2,1-2H3. The van der Waals surface area contributed by atoms with Gasteiger partial charge in [-0.1, -0.05) is 12.1 Å². The first-order chi connectivity index (χ1) is 24.5. The van der Waals surface area contributed by atoms with Gasteiger partial charge < -0.3 is 38.6 Å². The van der Waals surface area contributed by atoms with E-state index in [1.54, 1.807) is 14.2 Å². The maximum Gasteiger partial charge on any atom is 0.156 e. The number of anilines is 6. The first-order valence-electron chi connectivity index (χ1n) is 16.1. The number of rotatable bonds is 5. The van der Waals surface area contributed by atoms with Gasteiger partial charge in [-0.15, -0.1) is 0 Å². The maximum absolute atomic E-state index is 9.92. The molecule has 0 atom stereocenters. The quantitative estimate of drug-likeness (QED) is 0.185. The van der Waals surface area contributed by atoms with Crippen LogP contribution in [0, 0.1) is 0 Å². The van der Waals surface area contributed by atoms with Crippen LogP contribution in [0.1, 0.15) is 11.1 Å². The van der Waals surface area contributed by atoms with Gasteiger partial charge in [0.1, 0.15) is 22.9 Å². The van der Waals surface area contributed by atoms with Crippen LogP contribution < -0.4 is 38.2 Å². The fraction of sp³-hybridized carbons (Fsp3) is 0.100. The topological polar surface area (TPSA) is 102 Å². The van der Waals surface area contributed by atoms with E-state index in [1.807, 2.05) is 97.1 Å². The van der Waals surface area contributed by atoms with E-state index < -0.39 is 0 Å². The van der Waals surface area contributed by atoms with Crippen LogP contribution in [-0.2, 0) is 13.2 Å². The van der Waals surface area contributed by atoms with E-state index >= 15 is 0 Å². The highest BCUT2D eigenvalue weighted by Gasteiger charge is 2.38. The second-order valence-corrected chi connectivity index (χ2v) is 12.3. The zero-order valence-corrected chi connectivity index (χ0v) is 26.9. The highest BCUT2D eigenvalue weighted by molar-refractivity contribution is 5.98. The fourth-order valence-electron chi connectivity index (χ4n) is 7.09. The fourth-order valence-corrected chi connectivity index (χ4v) is 7.09. The van der Waals surface area contributed by atoms with Crippen molar-refractivity contribution in [1.29, 1.82) is 0 Å². The van der Waals surface area contributed by atoms with E-state index in [0.717, 1.165) is 56.4 Å². The van der Waals surface area contributed by atoms with Crippen LogP contribution in [0.2, 0.25) is 0 Å². The van der Waals surface area contributed by atoms with Crippen LogP contribution in [-0.4, -0.2) is 24.4 Å². The lowest BCUT2D eigenvalue weighted by Crippen LogP contribution is -2.21. The van der Waals surface area contributed by atoms with Gasteiger partial charge in [0, 0.05) is 12.1 Å². The van der Waals surface area contributed by atoms with Crippen LogP contribution in [0.25, 0.3) is 11.1 Å². The Labute approximate surface area is 286 Å². The molecule has 0 aromatic heterocycles. The molecule has 6 aromatic rings. The second-order valence-electron chi connectivity index (χ2n) is 12.3. The first kappa shape index (κ1) is 28.6. The van der Waals surface area contributed by atoms with Gasteiger partial charge in [-0.3, -0.25) is 9.80 Å². The molecular formula is C40H28N2O8. The zero-order chi connectivity index (χ0) is 33.7. The Balaban J connectivity index is 1.16. The highest BCUT2D eigenvalue weighted by atomic mass is 16.5. The van der Waals surface area contributed by atoms with E-state index in [1.165, 1.54) is 0 Å². The molecule has 50 heavy (non-hydrogen) atoms. The molecule has 10 rings (SSSR count). The summed E-state index contributed by atoms with van der Waals surface area (Å²) >= 11 is 0. The summed E-state index contributed by atoms with van der Waals surface area (Å²) in [6.45, 7) is -0.236. The molecule has 2 N–H and O–H groups in total. The summed E-state index contributed by atoms with van der Waals surface area (Å²) in [5.41, 5.74) is 7.92. The summed E-state index contributed by atoms with van der Waals surface area (Å²) in [7, 11) is 3.26. The molecule has 0 saturated carbocycles. The number of fused-ring (bicyclic) bond motifs is 8. The molecule has 0 amide bonds. The number of nitrogens with zero attached hydrogens (tertiary/aromatic N) is 2. The van der Waals surface area contributed by atoms with Gasteiger partial charge in [0.25, 0.3) is 0 Å². The van der Waals surface area contributed by atoms with E-state index in [9.17, 15) is 10.2 Å².